The minimum atomic E-state index is -0.574. The average Bonchev–Trinajstić information content (AvgIpc) is 2.78. The smallest absolute Gasteiger partial charge is 0.270 e. The number of carbonyl (C=O) groups is 1. The van der Waals surface area contributed by atoms with Gasteiger partial charge < -0.3 is 9.84 Å². The van der Waals surface area contributed by atoms with Gasteiger partial charge in [0.05, 0.1) is 11.2 Å². The van der Waals surface area contributed by atoms with Crippen molar-refractivity contribution >= 4 is 5.91 Å². The Kier molecular flexibility index (Phi) is 4.11. The van der Waals surface area contributed by atoms with Crippen molar-refractivity contribution in [3.8, 4) is 0 Å². The van der Waals surface area contributed by atoms with Crippen LogP contribution in [-0.2, 0) is 12.0 Å². The Morgan fingerprint density at radius 2 is 2.10 bits per heavy atom. The van der Waals surface area contributed by atoms with Crippen LogP contribution in [0.25, 0.3) is 0 Å². The molecule has 2 aromatic rings. The molecular formula is C16H21N3O2. The van der Waals surface area contributed by atoms with E-state index in [1.807, 2.05) is 46.8 Å². The van der Waals surface area contributed by atoms with E-state index in [1.165, 1.54) is 0 Å². The van der Waals surface area contributed by atoms with Gasteiger partial charge >= 0.3 is 0 Å². The second-order valence-electron chi connectivity index (χ2n) is 5.68. The lowest BCUT2D eigenvalue weighted by molar-refractivity contribution is 0.0906. The summed E-state index contributed by atoms with van der Waals surface area (Å²) in [6, 6.07) is 3.73. The molecule has 2 rings (SSSR count). The number of amides is 1. The Morgan fingerprint density at radius 3 is 2.67 bits per heavy atom. The van der Waals surface area contributed by atoms with Crippen LogP contribution in [0.4, 0.5) is 0 Å². The van der Waals surface area contributed by atoms with Crippen LogP contribution in [-0.4, -0.2) is 16.0 Å². The number of nitrogens with one attached hydrogen (secondary N) is 1. The zero-order valence-electron chi connectivity index (χ0n) is 13.2. The lowest BCUT2D eigenvalue weighted by Gasteiger charge is -2.26. The summed E-state index contributed by atoms with van der Waals surface area (Å²) in [7, 11) is 0. The predicted octanol–water partition coefficient (Wildman–Crippen LogP) is 2.91. The van der Waals surface area contributed by atoms with Crippen LogP contribution < -0.4 is 5.32 Å². The maximum absolute atomic E-state index is 12.4. The van der Waals surface area contributed by atoms with Gasteiger partial charge in [-0.15, -0.1) is 0 Å². The van der Waals surface area contributed by atoms with Gasteiger partial charge in [-0.3, -0.25) is 9.78 Å². The summed E-state index contributed by atoms with van der Waals surface area (Å²) in [5, 5.41) is 6.95. The van der Waals surface area contributed by atoms with Crippen molar-refractivity contribution in [1.29, 1.82) is 0 Å². The molecule has 0 saturated heterocycles. The van der Waals surface area contributed by atoms with Crippen molar-refractivity contribution in [3.63, 3.8) is 0 Å². The Labute approximate surface area is 124 Å². The number of hydrogen-bond donors (Lipinski definition) is 1. The Bertz CT molecular complexity index is 640. The maximum atomic E-state index is 12.4. The zero-order chi connectivity index (χ0) is 15.6. The molecule has 0 saturated carbocycles. The second-order valence-corrected chi connectivity index (χ2v) is 5.68. The lowest BCUT2D eigenvalue weighted by Crippen LogP contribution is -2.42. The van der Waals surface area contributed by atoms with Crippen molar-refractivity contribution in [2.75, 3.05) is 0 Å². The van der Waals surface area contributed by atoms with E-state index in [2.05, 4.69) is 15.5 Å². The molecule has 112 valence electrons. The first kappa shape index (κ1) is 15.2. The van der Waals surface area contributed by atoms with E-state index >= 15 is 0 Å². The second kappa shape index (κ2) is 5.68. The zero-order valence-corrected chi connectivity index (χ0v) is 13.2. The molecule has 0 unspecified atom stereocenters. The van der Waals surface area contributed by atoms with E-state index in [0.29, 0.717) is 11.5 Å². The van der Waals surface area contributed by atoms with Crippen LogP contribution in [0, 0.1) is 13.8 Å². The van der Waals surface area contributed by atoms with Gasteiger partial charge in [-0.05, 0) is 51.8 Å². The molecule has 0 aromatic carbocycles. The van der Waals surface area contributed by atoms with Crippen molar-refractivity contribution in [1.82, 2.24) is 15.5 Å². The molecule has 2 aromatic heterocycles. The third-order valence-electron chi connectivity index (χ3n) is 3.55. The van der Waals surface area contributed by atoms with E-state index in [1.54, 1.807) is 6.20 Å². The molecule has 1 amide bonds. The van der Waals surface area contributed by atoms with Gasteiger partial charge in [-0.2, -0.15) is 0 Å². The summed E-state index contributed by atoms with van der Waals surface area (Å²) >= 11 is 0. The number of nitrogens with zero attached hydrogens (tertiary/aromatic N) is 2. The van der Waals surface area contributed by atoms with Crippen LogP contribution in [0.15, 0.2) is 22.9 Å². The van der Waals surface area contributed by atoms with Crippen molar-refractivity contribution < 1.29 is 9.32 Å². The van der Waals surface area contributed by atoms with E-state index in [9.17, 15) is 4.79 Å². The molecule has 0 aliphatic heterocycles. The highest BCUT2D eigenvalue weighted by Crippen LogP contribution is 2.27. The number of hydrogen-bond acceptors (Lipinski definition) is 4. The van der Waals surface area contributed by atoms with Gasteiger partial charge in [0, 0.05) is 11.8 Å². The summed E-state index contributed by atoms with van der Waals surface area (Å²) in [6.07, 6.45) is 2.53. The van der Waals surface area contributed by atoms with Gasteiger partial charge in [-0.25, -0.2) is 0 Å². The van der Waals surface area contributed by atoms with Crippen LogP contribution in [0.3, 0.4) is 0 Å². The van der Waals surface area contributed by atoms with Gasteiger partial charge in [0.15, 0.2) is 0 Å². The van der Waals surface area contributed by atoms with Gasteiger partial charge in [-0.1, -0.05) is 12.1 Å². The van der Waals surface area contributed by atoms with E-state index in [-0.39, 0.29) is 5.91 Å². The number of aromatic nitrogens is 2. The fourth-order valence-corrected chi connectivity index (χ4v) is 2.60. The first-order chi connectivity index (χ1) is 9.85. The molecule has 0 aliphatic carbocycles. The summed E-state index contributed by atoms with van der Waals surface area (Å²) in [6.45, 7) is 9.63. The van der Waals surface area contributed by atoms with Crippen molar-refractivity contribution in [2.45, 2.75) is 46.6 Å². The first-order valence-corrected chi connectivity index (χ1v) is 7.06. The van der Waals surface area contributed by atoms with Crippen LogP contribution in [0.2, 0.25) is 0 Å². The fraction of sp³-hybridized carbons (Fsp3) is 0.438. The number of aryl methyl sites for hydroxylation is 3. The van der Waals surface area contributed by atoms with Crippen LogP contribution >= 0.6 is 0 Å². The molecule has 5 nitrogen and oxygen atoms in total. The highest BCUT2D eigenvalue weighted by atomic mass is 16.5. The largest absolute Gasteiger partial charge is 0.361 e. The minimum Gasteiger partial charge on any atom is -0.361 e. The third kappa shape index (κ3) is 3.12. The van der Waals surface area contributed by atoms with Crippen LogP contribution in [0.1, 0.15) is 53.8 Å². The third-order valence-corrected chi connectivity index (χ3v) is 3.55. The minimum absolute atomic E-state index is 0.199. The molecule has 21 heavy (non-hydrogen) atoms. The van der Waals surface area contributed by atoms with Crippen molar-refractivity contribution in [3.05, 3.63) is 46.6 Å². The lowest BCUT2D eigenvalue weighted by atomic mass is 9.92. The molecule has 2 heterocycles. The molecule has 1 N–H and O–H groups in total. The van der Waals surface area contributed by atoms with E-state index < -0.39 is 5.54 Å². The highest BCUT2D eigenvalue weighted by molar-refractivity contribution is 5.93. The molecule has 0 spiro atoms. The quantitative estimate of drug-likeness (QED) is 0.938. The summed E-state index contributed by atoms with van der Waals surface area (Å²) in [4.78, 5) is 16.6. The average molecular weight is 287 g/mol. The Hall–Kier alpha value is -2.17. The maximum Gasteiger partial charge on any atom is 0.270 e. The molecule has 0 bridgehead atoms. The van der Waals surface area contributed by atoms with E-state index in [0.717, 1.165) is 23.2 Å². The fourth-order valence-electron chi connectivity index (χ4n) is 2.60. The highest BCUT2D eigenvalue weighted by Gasteiger charge is 2.30. The number of rotatable bonds is 4. The first-order valence-electron chi connectivity index (χ1n) is 7.06. The number of pyridine rings is 1. The normalized spacial score (nSPS) is 11.5. The molecule has 0 atom stereocenters. The summed E-state index contributed by atoms with van der Waals surface area (Å²) in [5.74, 6) is 0.517. The molecule has 0 radical (unpaired) electrons. The molecule has 0 aliphatic rings. The van der Waals surface area contributed by atoms with Crippen molar-refractivity contribution in [2.24, 2.45) is 0 Å². The molecule has 5 heteroatoms. The van der Waals surface area contributed by atoms with Gasteiger partial charge in [0.1, 0.15) is 11.5 Å². The monoisotopic (exact) mass is 287 g/mol. The Balaban J connectivity index is 2.25. The molecule has 0 fully saturated rings. The predicted molar refractivity (Wildman–Crippen MR) is 80.1 cm³/mol. The van der Waals surface area contributed by atoms with Gasteiger partial charge in [0.2, 0.25) is 0 Å². The SMILES string of the molecule is CCc1ccnc(C(=O)NC(C)(C)c2c(C)noc2C)c1. The topological polar surface area (TPSA) is 68.0 Å². The standard InChI is InChI=1S/C16H21N3O2/c1-6-12-7-8-17-13(9-12)15(20)18-16(4,5)14-10(2)19-21-11(14)3/h7-9H,6H2,1-5H3,(H,18,20). The summed E-state index contributed by atoms with van der Waals surface area (Å²) in [5.41, 5.74) is 2.63. The number of carbonyl (C=O) groups excluding carboxylic acids is 1. The Morgan fingerprint density at radius 1 is 1.38 bits per heavy atom. The van der Waals surface area contributed by atoms with E-state index in [4.69, 9.17) is 4.52 Å². The summed E-state index contributed by atoms with van der Waals surface area (Å²) < 4.78 is 5.19. The van der Waals surface area contributed by atoms with Gasteiger partial charge in [0.25, 0.3) is 5.91 Å². The molecular weight excluding hydrogens is 266 g/mol. The van der Waals surface area contributed by atoms with Crippen LogP contribution in [0.5, 0.6) is 0 Å².